The van der Waals surface area contributed by atoms with Crippen LogP contribution < -0.4 is 9.64 Å². The number of ether oxygens (including phenoxy) is 1. The van der Waals surface area contributed by atoms with E-state index in [1.54, 1.807) is 12.1 Å². The lowest BCUT2D eigenvalue weighted by Crippen LogP contribution is -2.37. The zero-order chi connectivity index (χ0) is 17.1. The average molecular weight is 339 g/mol. The minimum atomic E-state index is -2.87. The molecule has 1 fully saturated rings. The molecule has 8 heteroatoms. The van der Waals surface area contributed by atoms with Crippen LogP contribution in [0.3, 0.4) is 0 Å². The SMILES string of the molecule is CC1CCN(Cc2c(-c3ccc(OC(F)F)cc3)no[n+]2[O-])CC1. The van der Waals surface area contributed by atoms with Gasteiger partial charge in [0.05, 0.1) is 6.54 Å². The van der Waals surface area contributed by atoms with Crippen LogP contribution in [-0.4, -0.2) is 29.8 Å². The fraction of sp³-hybridized carbons (Fsp3) is 0.500. The smallest absolute Gasteiger partial charge is 0.387 e. The first-order chi connectivity index (χ1) is 11.5. The molecule has 1 saturated heterocycles. The Morgan fingerprint density at radius 2 is 2.00 bits per heavy atom. The topological polar surface area (TPSA) is 65.4 Å². The van der Waals surface area contributed by atoms with Crippen molar-refractivity contribution in [2.24, 2.45) is 5.92 Å². The van der Waals surface area contributed by atoms with E-state index < -0.39 is 6.61 Å². The van der Waals surface area contributed by atoms with Gasteiger partial charge in [0.1, 0.15) is 5.75 Å². The highest BCUT2D eigenvalue weighted by Crippen LogP contribution is 2.25. The van der Waals surface area contributed by atoms with Gasteiger partial charge in [0.25, 0.3) is 5.69 Å². The second kappa shape index (κ2) is 7.12. The third-order valence-corrected chi connectivity index (χ3v) is 4.30. The fourth-order valence-electron chi connectivity index (χ4n) is 2.84. The number of hydrogen-bond acceptors (Lipinski definition) is 5. The van der Waals surface area contributed by atoms with Gasteiger partial charge in [-0.1, -0.05) is 6.92 Å². The first-order valence-corrected chi connectivity index (χ1v) is 7.89. The number of piperidine rings is 1. The molecular formula is C16H19F2N3O3. The van der Waals surface area contributed by atoms with Gasteiger partial charge in [-0.25, -0.2) is 0 Å². The standard InChI is InChI=1S/C16H19F2N3O3/c1-11-6-8-20(9-7-11)10-14-15(19-24-21(14)22)12-2-4-13(5-3-12)23-16(17)18/h2-5,11,16H,6-10H2,1H3. The molecule has 1 aromatic heterocycles. The van der Waals surface area contributed by atoms with Crippen LogP contribution in [0.4, 0.5) is 8.78 Å². The summed E-state index contributed by atoms with van der Waals surface area (Å²) >= 11 is 0. The number of aromatic nitrogens is 2. The highest BCUT2D eigenvalue weighted by molar-refractivity contribution is 5.61. The van der Waals surface area contributed by atoms with Crippen molar-refractivity contribution < 1.29 is 23.0 Å². The monoisotopic (exact) mass is 339 g/mol. The normalized spacial score (nSPS) is 16.7. The Balaban J connectivity index is 1.76. The summed E-state index contributed by atoms with van der Waals surface area (Å²) in [4.78, 5) is 2.61. The summed E-state index contributed by atoms with van der Waals surface area (Å²) in [5.74, 6) is 0.753. The summed E-state index contributed by atoms with van der Waals surface area (Å²) in [5.41, 5.74) is 1.47. The number of benzene rings is 1. The van der Waals surface area contributed by atoms with Crippen molar-refractivity contribution in [1.82, 2.24) is 10.1 Å². The van der Waals surface area contributed by atoms with Gasteiger partial charge in [0.2, 0.25) is 5.69 Å². The van der Waals surface area contributed by atoms with Gasteiger partial charge in [0.15, 0.2) is 0 Å². The maximum Gasteiger partial charge on any atom is 0.387 e. The van der Waals surface area contributed by atoms with Crippen LogP contribution in [0.2, 0.25) is 0 Å². The molecule has 0 atom stereocenters. The van der Waals surface area contributed by atoms with Crippen molar-refractivity contribution in [3.63, 3.8) is 0 Å². The molecule has 0 aliphatic carbocycles. The largest absolute Gasteiger partial charge is 0.435 e. The summed E-state index contributed by atoms with van der Waals surface area (Å²) in [6.07, 6.45) is 2.19. The van der Waals surface area contributed by atoms with Crippen LogP contribution in [0.1, 0.15) is 25.5 Å². The van der Waals surface area contributed by atoms with Crippen molar-refractivity contribution in [3.05, 3.63) is 35.2 Å². The fourth-order valence-corrected chi connectivity index (χ4v) is 2.84. The van der Waals surface area contributed by atoms with Crippen LogP contribution in [-0.2, 0) is 6.54 Å². The molecule has 24 heavy (non-hydrogen) atoms. The minimum Gasteiger partial charge on any atom is -0.435 e. The van der Waals surface area contributed by atoms with Gasteiger partial charge >= 0.3 is 6.61 Å². The van der Waals surface area contributed by atoms with E-state index in [4.69, 9.17) is 4.63 Å². The average Bonchev–Trinajstić information content (AvgIpc) is 2.91. The summed E-state index contributed by atoms with van der Waals surface area (Å²) in [6.45, 7) is 1.65. The molecule has 0 saturated carbocycles. The summed E-state index contributed by atoms with van der Waals surface area (Å²) < 4.78 is 33.5. The molecule has 3 rings (SSSR count). The maximum atomic E-state index is 12.2. The van der Waals surface area contributed by atoms with Crippen molar-refractivity contribution in [2.75, 3.05) is 13.1 Å². The Bertz CT molecular complexity index is 668. The van der Waals surface area contributed by atoms with Crippen molar-refractivity contribution in [1.29, 1.82) is 0 Å². The van der Waals surface area contributed by atoms with E-state index in [1.807, 2.05) is 0 Å². The maximum absolute atomic E-state index is 12.2. The van der Waals surface area contributed by atoms with Crippen LogP contribution in [0.5, 0.6) is 5.75 Å². The number of alkyl halides is 2. The lowest BCUT2D eigenvalue weighted by molar-refractivity contribution is -0.808. The van der Waals surface area contributed by atoms with E-state index in [9.17, 15) is 14.0 Å². The van der Waals surface area contributed by atoms with E-state index in [0.29, 0.717) is 34.3 Å². The van der Waals surface area contributed by atoms with Gasteiger partial charge < -0.3 is 9.94 Å². The number of rotatable bonds is 5. The summed E-state index contributed by atoms with van der Waals surface area (Å²) in [5, 5.41) is 15.7. The van der Waals surface area contributed by atoms with Crippen LogP contribution >= 0.6 is 0 Å². The highest BCUT2D eigenvalue weighted by Gasteiger charge is 2.25. The molecule has 0 amide bonds. The quantitative estimate of drug-likeness (QED) is 0.784. The highest BCUT2D eigenvalue weighted by atomic mass is 19.3. The molecule has 0 unspecified atom stereocenters. The van der Waals surface area contributed by atoms with E-state index in [0.717, 1.165) is 25.9 Å². The van der Waals surface area contributed by atoms with E-state index >= 15 is 0 Å². The molecular weight excluding hydrogens is 320 g/mol. The molecule has 0 spiro atoms. The van der Waals surface area contributed by atoms with Gasteiger partial charge in [0, 0.05) is 10.7 Å². The van der Waals surface area contributed by atoms with Gasteiger partial charge in [-0.15, -0.1) is 0 Å². The molecule has 0 bridgehead atoms. The zero-order valence-corrected chi connectivity index (χ0v) is 13.3. The molecule has 130 valence electrons. The zero-order valence-electron chi connectivity index (χ0n) is 13.3. The molecule has 1 aliphatic heterocycles. The second-order valence-corrected chi connectivity index (χ2v) is 6.09. The Labute approximate surface area is 138 Å². The first-order valence-electron chi connectivity index (χ1n) is 7.89. The molecule has 0 radical (unpaired) electrons. The van der Waals surface area contributed by atoms with E-state index in [2.05, 4.69) is 21.7 Å². The van der Waals surface area contributed by atoms with E-state index in [1.165, 1.54) is 12.1 Å². The van der Waals surface area contributed by atoms with Crippen LogP contribution in [0.15, 0.2) is 28.9 Å². The molecule has 2 heterocycles. The molecule has 0 N–H and O–H groups in total. The lowest BCUT2D eigenvalue weighted by atomic mass is 9.99. The predicted molar refractivity (Wildman–Crippen MR) is 81.2 cm³/mol. The van der Waals surface area contributed by atoms with Crippen molar-refractivity contribution >= 4 is 0 Å². The van der Waals surface area contributed by atoms with Crippen LogP contribution in [0.25, 0.3) is 11.3 Å². The minimum absolute atomic E-state index is 0.0545. The van der Waals surface area contributed by atoms with Gasteiger partial charge in [-0.3, -0.25) is 9.53 Å². The number of halogens is 2. The Morgan fingerprint density at radius 3 is 2.62 bits per heavy atom. The predicted octanol–water partition coefficient (Wildman–Crippen LogP) is 2.81. The Hall–Kier alpha value is -2.22. The third-order valence-electron chi connectivity index (χ3n) is 4.30. The van der Waals surface area contributed by atoms with Crippen molar-refractivity contribution in [3.8, 4) is 17.0 Å². The van der Waals surface area contributed by atoms with Gasteiger partial charge in [-0.2, -0.15) is 8.78 Å². The third kappa shape index (κ3) is 3.81. The second-order valence-electron chi connectivity index (χ2n) is 6.09. The van der Waals surface area contributed by atoms with Gasteiger partial charge in [-0.05, 0) is 61.0 Å². The molecule has 1 aliphatic rings. The molecule has 2 aromatic rings. The van der Waals surface area contributed by atoms with E-state index in [-0.39, 0.29) is 5.75 Å². The summed E-state index contributed by atoms with van der Waals surface area (Å²) in [7, 11) is 0. The van der Waals surface area contributed by atoms with Crippen LogP contribution in [0, 0.1) is 11.1 Å². The number of hydrogen-bond donors (Lipinski definition) is 0. The first kappa shape index (κ1) is 16.6. The number of nitrogens with zero attached hydrogens (tertiary/aromatic N) is 3. The molecule has 1 aromatic carbocycles. The summed E-state index contributed by atoms with van der Waals surface area (Å²) in [6, 6.07) is 5.99. The Morgan fingerprint density at radius 1 is 1.33 bits per heavy atom. The Kier molecular flexibility index (Phi) is 4.94. The van der Waals surface area contributed by atoms with Crippen molar-refractivity contribution in [2.45, 2.75) is 32.9 Å². The lowest BCUT2D eigenvalue weighted by Gasteiger charge is -2.29. The molecule has 6 nitrogen and oxygen atoms in total. The number of likely N-dealkylation sites (tertiary alicyclic amines) is 1.